The number of para-hydroxylation sites is 1. The third kappa shape index (κ3) is 2.67. The molecule has 0 saturated carbocycles. The van der Waals surface area contributed by atoms with E-state index in [4.69, 9.17) is 0 Å². The van der Waals surface area contributed by atoms with Gasteiger partial charge in [0.15, 0.2) is 5.82 Å². The Morgan fingerprint density at radius 3 is 2.79 bits per heavy atom. The van der Waals surface area contributed by atoms with E-state index in [0.717, 1.165) is 26.8 Å². The first-order valence-electron chi connectivity index (χ1n) is 7.40. The number of hydrogen-bond donors (Lipinski definition) is 0. The molecule has 0 N–H and O–H groups in total. The summed E-state index contributed by atoms with van der Waals surface area (Å²) in [5, 5.41) is 14.2. The van der Waals surface area contributed by atoms with E-state index in [1.807, 2.05) is 30.3 Å². The van der Waals surface area contributed by atoms with Crippen molar-refractivity contribution in [3.05, 3.63) is 52.9 Å². The van der Waals surface area contributed by atoms with Crippen molar-refractivity contribution in [2.24, 2.45) is 0 Å². The highest BCUT2D eigenvalue weighted by Crippen LogP contribution is 2.35. The van der Waals surface area contributed by atoms with Crippen LogP contribution in [0.1, 0.15) is 16.3 Å². The van der Waals surface area contributed by atoms with E-state index in [-0.39, 0.29) is 0 Å². The van der Waals surface area contributed by atoms with Crippen molar-refractivity contribution in [1.82, 2.24) is 30.2 Å². The molecule has 1 aromatic carbocycles. The monoisotopic (exact) mass is 354 g/mol. The Morgan fingerprint density at radius 2 is 1.96 bits per heavy atom. The van der Waals surface area contributed by atoms with Gasteiger partial charge in [-0.25, -0.2) is 9.97 Å². The van der Waals surface area contributed by atoms with Gasteiger partial charge in [0.2, 0.25) is 0 Å². The van der Waals surface area contributed by atoms with Crippen molar-refractivity contribution in [3.63, 3.8) is 0 Å². The predicted molar refractivity (Wildman–Crippen MR) is 95.6 cm³/mol. The summed E-state index contributed by atoms with van der Waals surface area (Å²) in [4.78, 5) is 11.2. The van der Waals surface area contributed by atoms with Gasteiger partial charge in [0.05, 0.1) is 11.4 Å². The molecule has 4 rings (SSSR count). The maximum Gasteiger partial charge on any atom is 0.166 e. The second-order valence-corrected chi connectivity index (χ2v) is 7.44. The molecule has 0 aliphatic heterocycles. The summed E-state index contributed by atoms with van der Waals surface area (Å²) >= 11 is 3.34. The Bertz CT molecular complexity index is 992. The lowest BCUT2D eigenvalue weighted by molar-refractivity contribution is 0.777. The molecule has 0 aliphatic carbocycles. The largest absolute Gasteiger partial charge is 0.229 e. The Kier molecular flexibility index (Phi) is 3.99. The van der Waals surface area contributed by atoms with Gasteiger partial charge >= 0.3 is 0 Å². The predicted octanol–water partition coefficient (Wildman–Crippen LogP) is 3.58. The van der Waals surface area contributed by atoms with Crippen LogP contribution >= 0.6 is 23.1 Å². The SMILES string of the molecule is Cc1sc2ncnc(SCc3nnnn3-c3ccccc3)c2c1C. The molecule has 8 heteroatoms. The number of aryl methyl sites for hydroxylation is 2. The summed E-state index contributed by atoms with van der Waals surface area (Å²) in [5.74, 6) is 1.44. The van der Waals surface area contributed by atoms with Crippen LogP contribution in [-0.2, 0) is 5.75 Å². The second kappa shape index (κ2) is 6.29. The van der Waals surface area contributed by atoms with Gasteiger partial charge in [-0.3, -0.25) is 0 Å². The van der Waals surface area contributed by atoms with Crippen LogP contribution in [0.5, 0.6) is 0 Å². The summed E-state index contributed by atoms with van der Waals surface area (Å²) < 4.78 is 1.76. The molecular weight excluding hydrogens is 340 g/mol. The third-order valence-electron chi connectivity index (χ3n) is 3.80. The Balaban J connectivity index is 1.64. The van der Waals surface area contributed by atoms with Crippen LogP contribution in [0, 0.1) is 13.8 Å². The summed E-state index contributed by atoms with van der Waals surface area (Å²) in [6.07, 6.45) is 1.63. The zero-order valence-electron chi connectivity index (χ0n) is 13.2. The summed E-state index contributed by atoms with van der Waals surface area (Å²) in [6, 6.07) is 9.89. The van der Waals surface area contributed by atoms with Crippen molar-refractivity contribution < 1.29 is 0 Å². The van der Waals surface area contributed by atoms with E-state index in [1.54, 1.807) is 34.1 Å². The van der Waals surface area contributed by atoms with Crippen LogP contribution in [0.2, 0.25) is 0 Å². The lowest BCUT2D eigenvalue weighted by atomic mass is 10.2. The van der Waals surface area contributed by atoms with Crippen LogP contribution in [0.25, 0.3) is 15.9 Å². The summed E-state index contributed by atoms with van der Waals surface area (Å²) in [5.41, 5.74) is 2.20. The van der Waals surface area contributed by atoms with E-state index in [1.165, 1.54) is 10.4 Å². The van der Waals surface area contributed by atoms with E-state index in [9.17, 15) is 0 Å². The first-order chi connectivity index (χ1) is 11.7. The molecular formula is C16H14N6S2. The normalized spacial score (nSPS) is 11.2. The fraction of sp³-hybridized carbons (Fsp3) is 0.188. The highest BCUT2D eigenvalue weighted by atomic mass is 32.2. The molecule has 0 saturated heterocycles. The minimum absolute atomic E-state index is 0.641. The number of tetrazole rings is 1. The maximum atomic E-state index is 4.46. The molecule has 120 valence electrons. The van der Waals surface area contributed by atoms with Crippen molar-refractivity contribution >= 4 is 33.3 Å². The summed E-state index contributed by atoms with van der Waals surface area (Å²) in [7, 11) is 0. The first kappa shape index (κ1) is 15.2. The molecule has 0 atom stereocenters. The molecule has 3 heterocycles. The van der Waals surface area contributed by atoms with Crippen molar-refractivity contribution in [3.8, 4) is 5.69 Å². The molecule has 0 unspecified atom stereocenters. The van der Waals surface area contributed by atoms with E-state index in [0.29, 0.717) is 5.75 Å². The van der Waals surface area contributed by atoms with E-state index < -0.39 is 0 Å². The minimum atomic E-state index is 0.641. The highest BCUT2D eigenvalue weighted by molar-refractivity contribution is 7.98. The third-order valence-corrected chi connectivity index (χ3v) is 5.90. The second-order valence-electron chi connectivity index (χ2n) is 5.27. The Hall–Kier alpha value is -2.32. The van der Waals surface area contributed by atoms with Gasteiger partial charge in [0.25, 0.3) is 0 Å². The van der Waals surface area contributed by atoms with Crippen molar-refractivity contribution in [1.29, 1.82) is 0 Å². The van der Waals surface area contributed by atoms with Crippen molar-refractivity contribution in [2.45, 2.75) is 24.6 Å². The topological polar surface area (TPSA) is 69.4 Å². The van der Waals surface area contributed by atoms with Crippen molar-refractivity contribution in [2.75, 3.05) is 0 Å². The van der Waals surface area contributed by atoms with E-state index >= 15 is 0 Å². The fourth-order valence-corrected chi connectivity index (χ4v) is 4.48. The van der Waals surface area contributed by atoms with E-state index in [2.05, 4.69) is 39.3 Å². The van der Waals surface area contributed by atoms with Gasteiger partial charge in [-0.15, -0.1) is 16.4 Å². The van der Waals surface area contributed by atoms with Crippen LogP contribution in [0.3, 0.4) is 0 Å². The molecule has 0 aliphatic rings. The smallest absolute Gasteiger partial charge is 0.166 e. The number of benzene rings is 1. The molecule has 0 amide bonds. The lowest BCUT2D eigenvalue weighted by Crippen LogP contribution is -2.02. The number of aromatic nitrogens is 6. The molecule has 0 spiro atoms. The molecule has 0 radical (unpaired) electrons. The molecule has 4 aromatic rings. The standard InChI is InChI=1S/C16H14N6S2/c1-10-11(2)24-16-14(10)15(17-9-18-16)23-8-13-19-20-21-22(13)12-6-4-3-5-7-12/h3-7,9H,8H2,1-2H3. The number of thioether (sulfide) groups is 1. The lowest BCUT2D eigenvalue weighted by Gasteiger charge is -2.05. The minimum Gasteiger partial charge on any atom is -0.229 e. The highest BCUT2D eigenvalue weighted by Gasteiger charge is 2.14. The first-order valence-corrected chi connectivity index (χ1v) is 9.20. The fourth-order valence-electron chi connectivity index (χ4n) is 2.46. The molecule has 6 nitrogen and oxygen atoms in total. The molecule has 0 fully saturated rings. The van der Waals surface area contributed by atoms with Gasteiger partial charge in [0, 0.05) is 10.3 Å². The zero-order valence-corrected chi connectivity index (χ0v) is 14.8. The average molecular weight is 354 g/mol. The Morgan fingerprint density at radius 1 is 1.12 bits per heavy atom. The molecule has 3 aromatic heterocycles. The molecule has 24 heavy (non-hydrogen) atoms. The number of hydrogen-bond acceptors (Lipinski definition) is 7. The quantitative estimate of drug-likeness (QED) is 0.412. The Labute approximate surface area is 147 Å². The molecule has 0 bridgehead atoms. The number of thiophene rings is 1. The van der Waals surface area contributed by atoms with Crippen LogP contribution in [0.4, 0.5) is 0 Å². The van der Waals surface area contributed by atoms with Gasteiger partial charge < -0.3 is 0 Å². The van der Waals surface area contributed by atoms with Gasteiger partial charge in [0.1, 0.15) is 16.2 Å². The van der Waals surface area contributed by atoms with Crippen LogP contribution < -0.4 is 0 Å². The number of fused-ring (bicyclic) bond motifs is 1. The van der Waals surface area contributed by atoms with Gasteiger partial charge in [-0.1, -0.05) is 30.0 Å². The van der Waals surface area contributed by atoms with Gasteiger partial charge in [-0.05, 0) is 42.0 Å². The van der Waals surface area contributed by atoms with Crippen LogP contribution in [-0.4, -0.2) is 30.2 Å². The number of rotatable bonds is 4. The van der Waals surface area contributed by atoms with Gasteiger partial charge in [-0.2, -0.15) is 4.68 Å². The maximum absolute atomic E-state index is 4.46. The summed E-state index contributed by atoms with van der Waals surface area (Å²) in [6.45, 7) is 4.24. The number of nitrogens with zero attached hydrogens (tertiary/aromatic N) is 6. The zero-order chi connectivity index (χ0) is 16.5. The van der Waals surface area contributed by atoms with Crippen LogP contribution in [0.15, 0.2) is 41.7 Å². The average Bonchev–Trinajstić information content (AvgIpc) is 3.19.